The van der Waals surface area contributed by atoms with Gasteiger partial charge in [0.05, 0.1) is 0 Å². The SMILES string of the molecule is O=C1[C@H]2CCO[C@H]1CN(Cc1ccccc1)C2. The van der Waals surface area contributed by atoms with E-state index in [9.17, 15) is 4.79 Å². The van der Waals surface area contributed by atoms with Crippen molar-refractivity contribution >= 4 is 5.78 Å². The Labute approximate surface area is 101 Å². The standard InChI is InChI=1S/C14H17NO2/c16-14-12-6-7-17-13(14)10-15(9-12)8-11-4-2-1-3-5-11/h1-5,12-13H,6-10H2/t12-,13-/m0/s1. The maximum absolute atomic E-state index is 11.9. The average molecular weight is 231 g/mol. The molecule has 0 spiro atoms. The van der Waals surface area contributed by atoms with Crippen LogP contribution >= 0.6 is 0 Å². The van der Waals surface area contributed by atoms with Gasteiger partial charge in [0.2, 0.25) is 0 Å². The Morgan fingerprint density at radius 1 is 1.24 bits per heavy atom. The highest BCUT2D eigenvalue weighted by Crippen LogP contribution is 2.24. The fourth-order valence-corrected chi connectivity index (χ4v) is 2.76. The largest absolute Gasteiger partial charge is 0.369 e. The molecule has 2 bridgehead atoms. The number of fused-ring (bicyclic) bond motifs is 2. The van der Waals surface area contributed by atoms with E-state index in [2.05, 4.69) is 29.2 Å². The van der Waals surface area contributed by atoms with Gasteiger partial charge in [0.15, 0.2) is 5.78 Å². The lowest BCUT2D eigenvalue weighted by Crippen LogP contribution is -2.53. The first kappa shape index (κ1) is 10.9. The van der Waals surface area contributed by atoms with Crippen molar-refractivity contribution in [2.24, 2.45) is 5.92 Å². The number of benzene rings is 1. The minimum Gasteiger partial charge on any atom is -0.369 e. The molecule has 2 aliphatic heterocycles. The van der Waals surface area contributed by atoms with Gasteiger partial charge >= 0.3 is 0 Å². The molecular formula is C14H17NO2. The first-order valence-electron chi connectivity index (χ1n) is 6.24. The van der Waals surface area contributed by atoms with Crippen LogP contribution in [-0.2, 0) is 16.1 Å². The lowest BCUT2D eigenvalue weighted by Gasteiger charge is -2.39. The van der Waals surface area contributed by atoms with Gasteiger partial charge in [-0.3, -0.25) is 9.69 Å². The Bertz CT molecular complexity index is 388. The van der Waals surface area contributed by atoms with E-state index >= 15 is 0 Å². The van der Waals surface area contributed by atoms with Crippen LogP contribution in [0, 0.1) is 5.92 Å². The molecule has 0 aromatic heterocycles. The van der Waals surface area contributed by atoms with Gasteiger partial charge in [-0.25, -0.2) is 0 Å². The highest BCUT2D eigenvalue weighted by Gasteiger charge is 2.38. The second-order valence-electron chi connectivity index (χ2n) is 4.93. The van der Waals surface area contributed by atoms with Crippen LogP contribution in [0.3, 0.4) is 0 Å². The molecule has 0 amide bonds. The molecule has 3 heteroatoms. The third-order valence-electron chi connectivity index (χ3n) is 3.66. The van der Waals surface area contributed by atoms with Crippen LogP contribution in [0.15, 0.2) is 30.3 Å². The fourth-order valence-electron chi connectivity index (χ4n) is 2.76. The van der Waals surface area contributed by atoms with E-state index in [0.717, 1.165) is 32.7 Å². The second kappa shape index (κ2) is 4.59. The number of likely N-dealkylation sites (tertiary alicyclic amines) is 1. The normalized spacial score (nSPS) is 29.3. The van der Waals surface area contributed by atoms with Gasteiger partial charge in [0, 0.05) is 32.2 Å². The van der Waals surface area contributed by atoms with Crippen molar-refractivity contribution in [3.8, 4) is 0 Å². The van der Waals surface area contributed by atoms with Gasteiger partial charge in [-0.1, -0.05) is 30.3 Å². The number of ether oxygens (including phenoxy) is 1. The minimum absolute atomic E-state index is 0.175. The van der Waals surface area contributed by atoms with Crippen LogP contribution < -0.4 is 0 Å². The molecule has 1 aromatic rings. The summed E-state index contributed by atoms with van der Waals surface area (Å²) in [6.45, 7) is 3.32. The number of carbonyl (C=O) groups excluding carboxylic acids is 1. The Balaban J connectivity index is 1.68. The van der Waals surface area contributed by atoms with Crippen molar-refractivity contribution in [2.75, 3.05) is 19.7 Å². The van der Waals surface area contributed by atoms with Crippen LogP contribution in [0.25, 0.3) is 0 Å². The molecule has 0 unspecified atom stereocenters. The summed E-state index contributed by atoms with van der Waals surface area (Å²) in [5.41, 5.74) is 1.31. The summed E-state index contributed by atoms with van der Waals surface area (Å²) in [4.78, 5) is 14.2. The number of nitrogens with zero attached hydrogens (tertiary/aromatic N) is 1. The zero-order chi connectivity index (χ0) is 11.7. The Hall–Kier alpha value is -1.19. The molecule has 0 N–H and O–H groups in total. The zero-order valence-electron chi connectivity index (χ0n) is 9.84. The van der Waals surface area contributed by atoms with Crippen molar-refractivity contribution in [1.82, 2.24) is 4.90 Å². The molecule has 0 radical (unpaired) electrons. The van der Waals surface area contributed by atoms with Gasteiger partial charge in [0.25, 0.3) is 0 Å². The number of rotatable bonds is 2. The fraction of sp³-hybridized carbons (Fsp3) is 0.500. The summed E-state index contributed by atoms with van der Waals surface area (Å²) in [5.74, 6) is 0.520. The molecule has 2 fully saturated rings. The van der Waals surface area contributed by atoms with E-state index in [-0.39, 0.29) is 12.0 Å². The van der Waals surface area contributed by atoms with Gasteiger partial charge in [-0.2, -0.15) is 0 Å². The quantitative estimate of drug-likeness (QED) is 0.772. The first-order chi connectivity index (χ1) is 8.33. The summed E-state index contributed by atoms with van der Waals surface area (Å²) < 4.78 is 5.54. The molecule has 2 atom stereocenters. The van der Waals surface area contributed by atoms with E-state index in [0.29, 0.717) is 5.78 Å². The lowest BCUT2D eigenvalue weighted by atomic mass is 9.89. The van der Waals surface area contributed by atoms with Crippen LogP contribution in [0.5, 0.6) is 0 Å². The second-order valence-corrected chi connectivity index (χ2v) is 4.93. The smallest absolute Gasteiger partial charge is 0.167 e. The Morgan fingerprint density at radius 2 is 2.06 bits per heavy atom. The van der Waals surface area contributed by atoms with Gasteiger partial charge in [-0.05, 0) is 12.0 Å². The number of carbonyl (C=O) groups is 1. The highest BCUT2D eigenvalue weighted by atomic mass is 16.5. The summed E-state index contributed by atoms with van der Waals surface area (Å²) in [6, 6.07) is 10.4. The summed E-state index contributed by atoms with van der Waals surface area (Å²) in [7, 11) is 0. The molecular weight excluding hydrogens is 214 g/mol. The molecule has 2 saturated heterocycles. The molecule has 0 saturated carbocycles. The van der Waals surface area contributed by atoms with Crippen molar-refractivity contribution in [3.05, 3.63) is 35.9 Å². The van der Waals surface area contributed by atoms with E-state index in [1.807, 2.05) is 6.07 Å². The van der Waals surface area contributed by atoms with Crippen LogP contribution in [0.4, 0.5) is 0 Å². The minimum atomic E-state index is -0.175. The van der Waals surface area contributed by atoms with Gasteiger partial charge in [-0.15, -0.1) is 0 Å². The van der Waals surface area contributed by atoms with E-state index in [1.54, 1.807) is 0 Å². The molecule has 90 valence electrons. The number of Topliss-reactive ketones (excluding diaryl/α,β-unsaturated/α-hetero) is 1. The molecule has 0 aliphatic carbocycles. The van der Waals surface area contributed by atoms with E-state index in [1.165, 1.54) is 5.56 Å². The van der Waals surface area contributed by atoms with Gasteiger partial charge < -0.3 is 4.74 Å². The summed E-state index contributed by atoms with van der Waals surface area (Å²) in [6.07, 6.45) is 0.715. The van der Waals surface area contributed by atoms with Gasteiger partial charge in [0.1, 0.15) is 6.10 Å². The predicted octanol–water partition coefficient (Wildman–Crippen LogP) is 1.48. The maximum atomic E-state index is 11.9. The first-order valence-corrected chi connectivity index (χ1v) is 6.24. The van der Waals surface area contributed by atoms with Crippen molar-refractivity contribution in [1.29, 1.82) is 0 Å². The topological polar surface area (TPSA) is 29.5 Å². The monoisotopic (exact) mass is 231 g/mol. The van der Waals surface area contributed by atoms with Crippen LogP contribution in [0.1, 0.15) is 12.0 Å². The van der Waals surface area contributed by atoms with E-state index in [4.69, 9.17) is 4.74 Å². The van der Waals surface area contributed by atoms with Crippen LogP contribution in [0.2, 0.25) is 0 Å². The third-order valence-corrected chi connectivity index (χ3v) is 3.66. The number of hydrogen-bond donors (Lipinski definition) is 0. The lowest BCUT2D eigenvalue weighted by molar-refractivity contribution is -0.150. The highest BCUT2D eigenvalue weighted by molar-refractivity contribution is 5.87. The van der Waals surface area contributed by atoms with E-state index < -0.39 is 0 Å². The maximum Gasteiger partial charge on any atom is 0.167 e. The Kier molecular flexibility index (Phi) is 2.95. The molecule has 3 nitrogen and oxygen atoms in total. The van der Waals surface area contributed by atoms with Crippen LogP contribution in [-0.4, -0.2) is 36.5 Å². The molecule has 2 heterocycles. The van der Waals surface area contributed by atoms with Crippen molar-refractivity contribution in [3.63, 3.8) is 0 Å². The molecule has 2 aliphatic rings. The number of piperidine rings is 1. The number of ketones is 1. The summed E-state index contributed by atoms with van der Waals surface area (Å²) in [5, 5.41) is 0. The average Bonchev–Trinajstić information content (AvgIpc) is 2.32. The zero-order valence-corrected chi connectivity index (χ0v) is 9.84. The van der Waals surface area contributed by atoms with Crippen molar-refractivity contribution in [2.45, 2.75) is 19.1 Å². The molecule has 3 rings (SSSR count). The Morgan fingerprint density at radius 3 is 2.82 bits per heavy atom. The molecule has 17 heavy (non-hydrogen) atoms. The number of hydrogen-bond acceptors (Lipinski definition) is 3. The predicted molar refractivity (Wildman–Crippen MR) is 64.6 cm³/mol. The third kappa shape index (κ3) is 2.26. The molecule has 1 aromatic carbocycles. The van der Waals surface area contributed by atoms with Crippen molar-refractivity contribution < 1.29 is 9.53 Å². The summed E-state index contributed by atoms with van der Waals surface area (Å²) >= 11 is 0.